The lowest BCUT2D eigenvalue weighted by Crippen LogP contribution is -2.21. The molecule has 0 saturated heterocycles. The fourth-order valence-corrected chi connectivity index (χ4v) is 1.27. The van der Waals surface area contributed by atoms with Crippen LogP contribution in [-0.2, 0) is 0 Å². The highest BCUT2D eigenvalue weighted by atomic mass is 16.4. The number of carbonyl (C=O) groups is 1. The molecule has 17 heavy (non-hydrogen) atoms. The first-order valence-electron chi connectivity index (χ1n) is 5.79. The number of carboxylic acids is 1. The van der Waals surface area contributed by atoms with Crippen LogP contribution in [0.25, 0.3) is 0 Å². The van der Waals surface area contributed by atoms with Crippen molar-refractivity contribution in [3.8, 4) is 5.75 Å². The smallest absolute Gasteiger partial charge is 0.335 e. The summed E-state index contributed by atoms with van der Waals surface area (Å²) in [5.74, 6) is -0.912. The minimum atomic E-state index is -0.986. The summed E-state index contributed by atoms with van der Waals surface area (Å²) in [5.41, 5.74) is 0.179. The number of hydrogen-bond acceptors (Lipinski definition) is 3. The number of carboxylic acid groups (broad SMARTS) is 1. The summed E-state index contributed by atoms with van der Waals surface area (Å²) in [7, 11) is 0. The predicted molar refractivity (Wildman–Crippen MR) is 68.5 cm³/mol. The molecule has 0 bridgehead atoms. The summed E-state index contributed by atoms with van der Waals surface area (Å²) >= 11 is 0. The van der Waals surface area contributed by atoms with Crippen LogP contribution in [0.5, 0.6) is 5.75 Å². The van der Waals surface area contributed by atoms with Gasteiger partial charge in [-0.3, -0.25) is 0 Å². The molecule has 96 valence electrons. The molecular weight excluding hydrogens is 218 g/mol. The molecule has 0 radical (unpaired) electrons. The van der Waals surface area contributed by atoms with Crippen molar-refractivity contribution in [2.24, 2.45) is 0 Å². The number of aromatic carboxylic acids is 1. The van der Waals surface area contributed by atoms with Crippen LogP contribution in [0.3, 0.4) is 0 Å². The van der Waals surface area contributed by atoms with Gasteiger partial charge in [-0.25, -0.2) is 4.79 Å². The van der Waals surface area contributed by atoms with Gasteiger partial charge in [-0.15, -0.1) is 0 Å². The van der Waals surface area contributed by atoms with E-state index >= 15 is 0 Å². The van der Waals surface area contributed by atoms with Gasteiger partial charge in [0.1, 0.15) is 5.75 Å². The average molecular weight is 239 g/mol. The Kier molecular flexibility index (Phi) is 7.80. The van der Waals surface area contributed by atoms with Crippen LogP contribution in [0, 0.1) is 0 Å². The van der Waals surface area contributed by atoms with E-state index in [1.807, 2.05) is 0 Å². The first-order valence-corrected chi connectivity index (χ1v) is 5.79. The highest BCUT2D eigenvalue weighted by molar-refractivity contribution is 5.87. The van der Waals surface area contributed by atoms with Gasteiger partial charge in [0.05, 0.1) is 5.56 Å². The molecule has 0 spiro atoms. The van der Waals surface area contributed by atoms with E-state index in [1.54, 1.807) is 0 Å². The van der Waals surface area contributed by atoms with Gasteiger partial charge in [0.2, 0.25) is 0 Å². The second-order valence-corrected chi connectivity index (χ2v) is 3.47. The minimum Gasteiger partial charge on any atom is -0.508 e. The van der Waals surface area contributed by atoms with E-state index < -0.39 is 5.97 Å². The average Bonchev–Trinajstić information content (AvgIpc) is 2.32. The third-order valence-electron chi connectivity index (χ3n) is 2.46. The third-order valence-corrected chi connectivity index (χ3v) is 2.46. The molecule has 0 unspecified atom stereocenters. The Morgan fingerprint density at radius 2 is 1.47 bits per heavy atom. The predicted octanol–water partition coefficient (Wildman–Crippen LogP) is 2.44. The van der Waals surface area contributed by atoms with E-state index in [1.165, 1.54) is 43.9 Å². The van der Waals surface area contributed by atoms with Crippen LogP contribution in [0.1, 0.15) is 31.1 Å². The number of nitrogens with zero attached hydrogens (tertiary/aromatic N) is 1. The van der Waals surface area contributed by atoms with Crippen molar-refractivity contribution in [2.45, 2.75) is 20.8 Å². The summed E-state index contributed by atoms with van der Waals surface area (Å²) in [4.78, 5) is 12.6. The number of hydrogen-bond donors (Lipinski definition) is 2. The van der Waals surface area contributed by atoms with Crippen molar-refractivity contribution in [2.75, 3.05) is 19.6 Å². The van der Waals surface area contributed by atoms with Crippen molar-refractivity contribution < 1.29 is 15.0 Å². The molecule has 4 heteroatoms. The van der Waals surface area contributed by atoms with Crippen LogP contribution in [0.4, 0.5) is 0 Å². The number of rotatable bonds is 4. The Bertz CT molecular complexity index is 312. The SMILES string of the molecule is CCN(CC)CC.O=C(O)c1ccc(O)cc1. The number of aromatic hydroxyl groups is 1. The molecule has 0 aliphatic rings. The summed E-state index contributed by atoms with van der Waals surface area (Å²) < 4.78 is 0. The first-order chi connectivity index (χ1) is 8.04. The highest BCUT2D eigenvalue weighted by Gasteiger charge is 1.99. The molecule has 1 aromatic carbocycles. The van der Waals surface area contributed by atoms with Crippen LogP contribution < -0.4 is 0 Å². The monoisotopic (exact) mass is 239 g/mol. The zero-order valence-corrected chi connectivity index (χ0v) is 10.7. The zero-order valence-electron chi connectivity index (χ0n) is 10.7. The first kappa shape index (κ1) is 15.4. The number of benzene rings is 1. The van der Waals surface area contributed by atoms with Crippen LogP contribution in [0.15, 0.2) is 24.3 Å². The molecule has 1 aromatic rings. The summed E-state index contributed by atoms with van der Waals surface area (Å²) in [5, 5.41) is 17.1. The molecule has 0 fully saturated rings. The summed E-state index contributed by atoms with van der Waals surface area (Å²) in [6.45, 7) is 10.1. The standard InChI is InChI=1S/C7H6O3.C6H15N/c8-6-3-1-5(2-4-6)7(9)10;1-4-7(5-2)6-3/h1-4,8H,(H,9,10);4-6H2,1-3H3. The lowest BCUT2D eigenvalue weighted by atomic mass is 10.2. The molecule has 0 atom stereocenters. The quantitative estimate of drug-likeness (QED) is 0.847. The molecule has 4 nitrogen and oxygen atoms in total. The van der Waals surface area contributed by atoms with Crippen molar-refractivity contribution in [1.29, 1.82) is 0 Å². The topological polar surface area (TPSA) is 60.8 Å². The Morgan fingerprint density at radius 3 is 1.71 bits per heavy atom. The number of phenols is 1. The highest BCUT2D eigenvalue weighted by Crippen LogP contribution is 2.08. The molecule has 2 N–H and O–H groups in total. The van der Waals surface area contributed by atoms with Crippen molar-refractivity contribution in [3.05, 3.63) is 29.8 Å². The van der Waals surface area contributed by atoms with Gasteiger partial charge in [-0.05, 0) is 43.9 Å². The molecule has 0 saturated carbocycles. The van der Waals surface area contributed by atoms with Gasteiger partial charge < -0.3 is 15.1 Å². The van der Waals surface area contributed by atoms with Gasteiger partial charge in [0.15, 0.2) is 0 Å². The Hall–Kier alpha value is -1.55. The van der Waals surface area contributed by atoms with Crippen LogP contribution in [0.2, 0.25) is 0 Å². The largest absolute Gasteiger partial charge is 0.508 e. The molecule has 0 amide bonds. The Labute approximate surface area is 103 Å². The molecule has 0 aliphatic carbocycles. The fraction of sp³-hybridized carbons (Fsp3) is 0.462. The van der Waals surface area contributed by atoms with E-state index in [2.05, 4.69) is 25.7 Å². The second-order valence-electron chi connectivity index (χ2n) is 3.47. The maximum Gasteiger partial charge on any atom is 0.335 e. The minimum absolute atomic E-state index is 0.0741. The van der Waals surface area contributed by atoms with Gasteiger partial charge >= 0.3 is 5.97 Å². The van der Waals surface area contributed by atoms with Crippen molar-refractivity contribution >= 4 is 5.97 Å². The summed E-state index contributed by atoms with van der Waals surface area (Å²) in [6.07, 6.45) is 0. The van der Waals surface area contributed by atoms with Crippen LogP contribution >= 0.6 is 0 Å². The maximum absolute atomic E-state index is 10.2. The maximum atomic E-state index is 10.2. The lowest BCUT2D eigenvalue weighted by Gasteiger charge is -2.13. The van der Waals surface area contributed by atoms with E-state index in [0.29, 0.717) is 0 Å². The summed E-state index contributed by atoms with van der Waals surface area (Å²) in [6, 6.07) is 5.36. The molecule has 0 aromatic heterocycles. The van der Waals surface area contributed by atoms with Gasteiger partial charge in [-0.1, -0.05) is 20.8 Å². The third kappa shape index (κ3) is 6.58. The van der Waals surface area contributed by atoms with Gasteiger partial charge in [0.25, 0.3) is 0 Å². The van der Waals surface area contributed by atoms with E-state index in [9.17, 15) is 4.79 Å². The number of phenolic OH excluding ortho intramolecular Hbond substituents is 1. The van der Waals surface area contributed by atoms with Gasteiger partial charge in [-0.2, -0.15) is 0 Å². The van der Waals surface area contributed by atoms with Crippen molar-refractivity contribution in [3.63, 3.8) is 0 Å². The Balaban J connectivity index is 0.000000325. The van der Waals surface area contributed by atoms with E-state index in [0.717, 1.165) is 0 Å². The zero-order chi connectivity index (χ0) is 13.3. The molecule has 0 heterocycles. The lowest BCUT2D eigenvalue weighted by molar-refractivity contribution is 0.0697. The van der Waals surface area contributed by atoms with E-state index in [-0.39, 0.29) is 11.3 Å². The molecule has 1 rings (SSSR count). The Morgan fingerprint density at radius 1 is 1.06 bits per heavy atom. The molecule has 0 aliphatic heterocycles. The molecular formula is C13H21NO3. The van der Waals surface area contributed by atoms with E-state index in [4.69, 9.17) is 10.2 Å². The normalized spacial score (nSPS) is 9.65. The second kappa shape index (κ2) is 8.58. The van der Waals surface area contributed by atoms with Gasteiger partial charge in [0, 0.05) is 0 Å². The van der Waals surface area contributed by atoms with Crippen LogP contribution in [-0.4, -0.2) is 40.7 Å². The van der Waals surface area contributed by atoms with Crippen molar-refractivity contribution in [1.82, 2.24) is 4.90 Å². The fourth-order valence-electron chi connectivity index (χ4n) is 1.27.